The second kappa shape index (κ2) is 10.5. The normalized spacial score (nSPS) is 17.7. The third kappa shape index (κ3) is 5.30. The third-order valence-electron chi connectivity index (χ3n) is 6.59. The lowest BCUT2D eigenvalue weighted by atomic mass is 9.89. The van der Waals surface area contributed by atoms with Gasteiger partial charge in [0.05, 0.1) is 16.4 Å². The number of rotatable bonds is 4. The number of hydrazine groups is 1. The SMILES string of the molecule is O=C(NN1CCCCCC1)c1nn(-c2ccc(Cl)cc2Cl)c2c1CCC/C2=C\c1ccc(F)cc1. The Balaban J connectivity index is 1.60. The van der Waals surface area contributed by atoms with Gasteiger partial charge in [-0.2, -0.15) is 5.10 Å². The van der Waals surface area contributed by atoms with Gasteiger partial charge in [-0.05, 0) is 79.6 Å². The molecule has 2 aromatic carbocycles. The highest BCUT2D eigenvalue weighted by Gasteiger charge is 2.30. The monoisotopic (exact) mass is 512 g/mol. The first-order chi connectivity index (χ1) is 17.0. The van der Waals surface area contributed by atoms with Gasteiger partial charge in [-0.3, -0.25) is 10.2 Å². The number of halogens is 3. The van der Waals surface area contributed by atoms with Crippen molar-refractivity contribution < 1.29 is 9.18 Å². The summed E-state index contributed by atoms with van der Waals surface area (Å²) in [6.07, 6.45) is 8.99. The van der Waals surface area contributed by atoms with E-state index in [1.165, 1.54) is 25.0 Å². The smallest absolute Gasteiger partial charge is 0.283 e. The highest BCUT2D eigenvalue weighted by molar-refractivity contribution is 6.35. The van der Waals surface area contributed by atoms with Crippen molar-refractivity contribution in [3.8, 4) is 5.69 Å². The number of carbonyl (C=O) groups is 1. The van der Waals surface area contributed by atoms with Crippen molar-refractivity contribution in [2.75, 3.05) is 13.1 Å². The summed E-state index contributed by atoms with van der Waals surface area (Å²) in [5.74, 6) is -0.475. The van der Waals surface area contributed by atoms with Crippen molar-refractivity contribution in [1.82, 2.24) is 20.2 Å². The second-order valence-electron chi connectivity index (χ2n) is 9.10. The van der Waals surface area contributed by atoms with Crippen LogP contribution >= 0.6 is 23.2 Å². The Labute approximate surface area is 214 Å². The van der Waals surface area contributed by atoms with Gasteiger partial charge in [-0.1, -0.05) is 48.2 Å². The van der Waals surface area contributed by atoms with E-state index < -0.39 is 0 Å². The molecule has 0 saturated carbocycles. The number of allylic oxidation sites excluding steroid dienone is 1. The van der Waals surface area contributed by atoms with Crippen molar-refractivity contribution in [3.05, 3.63) is 80.8 Å². The second-order valence-corrected chi connectivity index (χ2v) is 9.94. The van der Waals surface area contributed by atoms with Crippen molar-refractivity contribution in [3.63, 3.8) is 0 Å². The van der Waals surface area contributed by atoms with E-state index in [0.29, 0.717) is 21.4 Å². The quantitative estimate of drug-likeness (QED) is 0.422. The number of aromatic nitrogens is 2. The Kier molecular flexibility index (Phi) is 7.23. The number of benzene rings is 2. The summed E-state index contributed by atoms with van der Waals surface area (Å²) in [4.78, 5) is 13.4. The first kappa shape index (κ1) is 24.0. The molecule has 1 fully saturated rings. The molecule has 0 radical (unpaired) electrons. The van der Waals surface area contributed by atoms with Crippen LogP contribution in [0.4, 0.5) is 4.39 Å². The van der Waals surface area contributed by atoms with Gasteiger partial charge in [0.25, 0.3) is 5.91 Å². The number of nitrogens with zero attached hydrogens (tertiary/aromatic N) is 3. The van der Waals surface area contributed by atoms with Gasteiger partial charge in [-0.25, -0.2) is 14.1 Å². The minimum atomic E-state index is -0.276. The summed E-state index contributed by atoms with van der Waals surface area (Å²) in [5, 5.41) is 7.79. The number of carbonyl (C=O) groups excluding carboxylic acids is 1. The van der Waals surface area contributed by atoms with Crippen LogP contribution in [0.3, 0.4) is 0 Å². The third-order valence-corrected chi connectivity index (χ3v) is 7.13. The summed E-state index contributed by atoms with van der Waals surface area (Å²) in [6.45, 7) is 1.68. The molecule has 8 heteroatoms. The average molecular weight is 513 g/mol. The van der Waals surface area contributed by atoms with E-state index in [9.17, 15) is 9.18 Å². The lowest BCUT2D eigenvalue weighted by Gasteiger charge is -2.21. The summed E-state index contributed by atoms with van der Waals surface area (Å²) in [6, 6.07) is 11.7. The summed E-state index contributed by atoms with van der Waals surface area (Å²) in [7, 11) is 0. The maximum absolute atomic E-state index is 13.5. The van der Waals surface area contributed by atoms with Crippen LogP contribution in [0.5, 0.6) is 0 Å². The fourth-order valence-electron chi connectivity index (χ4n) is 4.88. The van der Waals surface area contributed by atoms with Crippen LogP contribution in [0.25, 0.3) is 17.3 Å². The highest BCUT2D eigenvalue weighted by Crippen LogP contribution is 2.37. The zero-order valence-electron chi connectivity index (χ0n) is 19.4. The topological polar surface area (TPSA) is 50.2 Å². The Hall–Kier alpha value is -2.67. The van der Waals surface area contributed by atoms with Crippen LogP contribution in [0.1, 0.15) is 65.8 Å². The Morgan fingerprint density at radius 1 is 0.971 bits per heavy atom. The zero-order valence-corrected chi connectivity index (χ0v) is 20.9. The molecule has 1 aliphatic carbocycles. The molecule has 182 valence electrons. The van der Waals surface area contributed by atoms with E-state index in [0.717, 1.165) is 67.6 Å². The van der Waals surface area contributed by atoms with Crippen molar-refractivity contribution in [2.24, 2.45) is 0 Å². The van der Waals surface area contributed by atoms with E-state index >= 15 is 0 Å². The molecule has 1 amide bonds. The van der Waals surface area contributed by atoms with Crippen molar-refractivity contribution in [1.29, 1.82) is 0 Å². The maximum Gasteiger partial charge on any atom is 0.286 e. The van der Waals surface area contributed by atoms with Gasteiger partial charge in [0, 0.05) is 23.7 Å². The molecule has 5 rings (SSSR count). The number of amides is 1. The Morgan fingerprint density at radius 2 is 1.71 bits per heavy atom. The lowest BCUT2D eigenvalue weighted by molar-refractivity contribution is 0.0787. The van der Waals surface area contributed by atoms with E-state index in [1.54, 1.807) is 28.9 Å². The molecule has 1 saturated heterocycles. The van der Waals surface area contributed by atoms with E-state index in [-0.39, 0.29) is 11.7 Å². The molecule has 2 heterocycles. The fraction of sp³-hybridized carbons (Fsp3) is 0.333. The fourth-order valence-corrected chi connectivity index (χ4v) is 5.37. The van der Waals surface area contributed by atoms with Gasteiger partial charge in [0.2, 0.25) is 0 Å². The first-order valence-electron chi connectivity index (χ1n) is 12.1. The van der Waals surface area contributed by atoms with Gasteiger partial charge >= 0.3 is 0 Å². The molecular weight excluding hydrogens is 486 g/mol. The predicted octanol–water partition coefficient (Wildman–Crippen LogP) is 6.72. The molecular formula is C27H27Cl2FN4O. The van der Waals surface area contributed by atoms with Gasteiger partial charge < -0.3 is 0 Å². The maximum atomic E-state index is 13.5. The van der Waals surface area contributed by atoms with Crippen LogP contribution in [0.15, 0.2) is 42.5 Å². The number of nitrogens with one attached hydrogen (secondary N) is 1. The molecule has 2 aliphatic rings. The molecule has 1 N–H and O–H groups in total. The molecule has 0 spiro atoms. The molecule has 1 aromatic heterocycles. The van der Waals surface area contributed by atoms with Crippen LogP contribution in [-0.4, -0.2) is 33.8 Å². The standard InChI is InChI=1S/C27H27Cl2FN4O/c28-20-10-13-24(23(29)17-20)34-26-19(16-18-8-11-21(30)12-9-18)6-5-7-22(26)25(31-34)27(35)32-33-14-3-1-2-4-15-33/h8-13,16-17H,1-7,14-15H2,(H,32,35)/b19-16+. The molecule has 0 bridgehead atoms. The summed E-state index contributed by atoms with van der Waals surface area (Å²) >= 11 is 12.7. The molecule has 0 atom stereocenters. The zero-order chi connectivity index (χ0) is 24.4. The molecule has 5 nitrogen and oxygen atoms in total. The highest BCUT2D eigenvalue weighted by atomic mass is 35.5. The van der Waals surface area contributed by atoms with Crippen LogP contribution in [0, 0.1) is 5.82 Å². The summed E-state index contributed by atoms with van der Waals surface area (Å²) in [5.41, 5.74) is 7.86. The van der Waals surface area contributed by atoms with E-state index in [1.807, 2.05) is 17.2 Å². The Morgan fingerprint density at radius 3 is 2.43 bits per heavy atom. The van der Waals surface area contributed by atoms with Crippen LogP contribution in [0.2, 0.25) is 10.0 Å². The minimum absolute atomic E-state index is 0.199. The lowest BCUT2D eigenvalue weighted by Crippen LogP contribution is -2.43. The predicted molar refractivity (Wildman–Crippen MR) is 138 cm³/mol. The number of hydrogen-bond donors (Lipinski definition) is 1. The van der Waals surface area contributed by atoms with E-state index in [2.05, 4.69) is 5.43 Å². The van der Waals surface area contributed by atoms with Crippen LogP contribution in [-0.2, 0) is 6.42 Å². The molecule has 1 aliphatic heterocycles. The molecule has 35 heavy (non-hydrogen) atoms. The minimum Gasteiger partial charge on any atom is -0.283 e. The van der Waals surface area contributed by atoms with E-state index in [4.69, 9.17) is 28.3 Å². The van der Waals surface area contributed by atoms with Crippen molar-refractivity contribution in [2.45, 2.75) is 44.9 Å². The molecule has 0 unspecified atom stereocenters. The van der Waals surface area contributed by atoms with Crippen molar-refractivity contribution >= 4 is 40.8 Å². The summed E-state index contributed by atoms with van der Waals surface area (Å²) < 4.78 is 15.2. The van der Waals surface area contributed by atoms with Gasteiger partial charge in [0.15, 0.2) is 5.69 Å². The number of hydrogen-bond acceptors (Lipinski definition) is 3. The first-order valence-corrected chi connectivity index (χ1v) is 12.8. The number of fused-ring (bicyclic) bond motifs is 1. The molecule has 3 aromatic rings. The van der Waals surface area contributed by atoms with Crippen LogP contribution < -0.4 is 5.43 Å². The average Bonchev–Trinajstić information content (AvgIpc) is 3.04. The van der Waals surface area contributed by atoms with Gasteiger partial charge in [-0.15, -0.1) is 0 Å². The Bertz CT molecular complexity index is 1260. The van der Waals surface area contributed by atoms with Gasteiger partial charge in [0.1, 0.15) is 5.82 Å². The largest absolute Gasteiger partial charge is 0.286 e.